The van der Waals surface area contributed by atoms with Crippen molar-refractivity contribution in [2.24, 2.45) is 5.18 Å². The summed E-state index contributed by atoms with van der Waals surface area (Å²) < 4.78 is 0. The average Bonchev–Trinajstić information content (AvgIpc) is 2.69. The van der Waals surface area contributed by atoms with Gasteiger partial charge in [0.15, 0.2) is 0 Å². The Balaban J connectivity index is 1.72. The molecule has 0 radical (unpaired) electrons. The van der Waals surface area contributed by atoms with E-state index < -0.39 is 0 Å². The predicted molar refractivity (Wildman–Crippen MR) is 109 cm³/mol. The van der Waals surface area contributed by atoms with E-state index in [-0.39, 0.29) is 6.54 Å². The molecule has 0 saturated heterocycles. The molecule has 0 aliphatic rings. The van der Waals surface area contributed by atoms with Gasteiger partial charge >= 0.3 is 0 Å². The molecule has 2 nitrogen and oxygen atoms in total. The Labute approximate surface area is 155 Å². The summed E-state index contributed by atoms with van der Waals surface area (Å²) in [6, 6.07) is 23.8. The Hall–Kier alpha value is -2.74. The predicted octanol–water partition coefficient (Wildman–Crippen LogP) is 6.28. The van der Waals surface area contributed by atoms with Gasteiger partial charge in [0.2, 0.25) is 0 Å². The first-order valence-corrected chi connectivity index (χ1v) is 9.26. The van der Waals surface area contributed by atoms with Crippen molar-refractivity contribution < 1.29 is 0 Å². The fourth-order valence-corrected chi connectivity index (χ4v) is 3.40. The smallest absolute Gasteiger partial charge is 0.107 e. The Morgan fingerprint density at radius 2 is 1.58 bits per heavy atom. The quantitative estimate of drug-likeness (QED) is 0.464. The normalized spacial score (nSPS) is 10.7. The summed E-state index contributed by atoms with van der Waals surface area (Å²) in [7, 11) is 0. The fourth-order valence-electron chi connectivity index (χ4n) is 3.40. The average molecular weight is 343 g/mol. The fraction of sp³-hybridized carbons (Fsp3) is 0.250. The maximum Gasteiger partial charge on any atom is 0.107 e. The number of hydrogen-bond donors (Lipinski definition) is 0. The first-order chi connectivity index (χ1) is 12.7. The van der Waals surface area contributed by atoms with Crippen molar-refractivity contribution >= 4 is 0 Å². The summed E-state index contributed by atoms with van der Waals surface area (Å²) in [4.78, 5) is 10.7. The van der Waals surface area contributed by atoms with Gasteiger partial charge in [-0.3, -0.25) is 0 Å². The molecule has 0 fully saturated rings. The first kappa shape index (κ1) is 18.1. The summed E-state index contributed by atoms with van der Waals surface area (Å²) >= 11 is 0. The van der Waals surface area contributed by atoms with Crippen LogP contribution < -0.4 is 0 Å². The number of hydrogen-bond acceptors (Lipinski definition) is 2. The van der Waals surface area contributed by atoms with E-state index in [1.807, 2.05) is 13.0 Å². The zero-order valence-corrected chi connectivity index (χ0v) is 15.5. The minimum absolute atomic E-state index is 0.259. The molecule has 3 aromatic carbocycles. The molecule has 0 aliphatic carbocycles. The molecule has 2 heteroatoms. The first-order valence-electron chi connectivity index (χ1n) is 9.26. The van der Waals surface area contributed by atoms with E-state index in [4.69, 9.17) is 0 Å². The number of aryl methyl sites for hydroxylation is 4. The van der Waals surface area contributed by atoms with Crippen LogP contribution in [0.25, 0.3) is 11.1 Å². The maximum atomic E-state index is 10.7. The zero-order valence-electron chi connectivity index (χ0n) is 15.5. The molecule has 0 spiro atoms. The second-order valence-electron chi connectivity index (χ2n) is 6.75. The number of rotatable bonds is 7. The lowest BCUT2D eigenvalue weighted by molar-refractivity contribution is 0.912. The van der Waals surface area contributed by atoms with Gasteiger partial charge in [-0.15, -0.1) is 0 Å². The molecule has 0 saturated carbocycles. The standard InChI is InChI=1S/C24H25NO/c1-3-19-7-5-9-23(16-19)21-13-10-20(11-14-21)12-15-22-8-4-6-18(2)24(22)17-25-26/h4-11,13-14,16H,3,12,15,17H2,1-2H3. The van der Waals surface area contributed by atoms with Gasteiger partial charge in [-0.25, -0.2) is 0 Å². The Morgan fingerprint density at radius 1 is 0.808 bits per heavy atom. The Morgan fingerprint density at radius 3 is 2.31 bits per heavy atom. The number of benzene rings is 3. The van der Waals surface area contributed by atoms with E-state index in [0.717, 1.165) is 30.4 Å². The second kappa shape index (κ2) is 8.57. The van der Waals surface area contributed by atoms with Crippen LogP contribution >= 0.6 is 0 Å². The van der Waals surface area contributed by atoms with Gasteiger partial charge in [0, 0.05) is 0 Å². The molecular weight excluding hydrogens is 318 g/mol. The largest absolute Gasteiger partial charge is 0.150 e. The molecule has 0 bridgehead atoms. The second-order valence-corrected chi connectivity index (χ2v) is 6.75. The van der Waals surface area contributed by atoms with Gasteiger partial charge in [0.05, 0.1) is 0 Å². The monoisotopic (exact) mass is 343 g/mol. The van der Waals surface area contributed by atoms with E-state index in [2.05, 4.69) is 72.8 Å². The van der Waals surface area contributed by atoms with Crippen LogP contribution in [-0.2, 0) is 25.8 Å². The molecule has 0 aliphatic heterocycles. The van der Waals surface area contributed by atoms with Crippen LogP contribution in [0.15, 0.2) is 71.9 Å². The molecule has 3 rings (SSSR count). The zero-order chi connectivity index (χ0) is 18.4. The van der Waals surface area contributed by atoms with Crippen molar-refractivity contribution in [2.75, 3.05) is 0 Å². The molecule has 0 N–H and O–H groups in total. The number of nitroso groups, excluding NO2 is 1. The lowest BCUT2D eigenvalue weighted by atomic mass is 9.95. The van der Waals surface area contributed by atoms with Crippen molar-refractivity contribution in [3.05, 3.63) is 99.5 Å². The Bertz CT molecular complexity index is 881. The van der Waals surface area contributed by atoms with Crippen LogP contribution in [0.2, 0.25) is 0 Å². The van der Waals surface area contributed by atoms with Gasteiger partial charge in [-0.1, -0.05) is 78.8 Å². The van der Waals surface area contributed by atoms with Gasteiger partial charge in [0.25, 0.3) is 0 Å². The highest BCUT2D eigenvalue weighted by molar-refractivity contribution is 5.64. The molecule has 0 unspecified atom stereocenters. The lowest BCUT2D eigenvalue weighted by Gasteiger charge is -2.10. The highest BCUT2D eigenvalue weighted by Crippen LogP contribution is 2.23. The van der Waals surface area contributed by atoms with Crippen molar-refractivity contribution in [3.63, 3.8) is 0 Å². The summed E-state index contributed by atoms with van der Waals surface area (Å²) in [6.45, 7) is 4.49. The molecular formula is C24H25NO. The van der Waals surface area contributed by atoms with Crippen LogP contribution in [0.1, 0.15) is 34.7 Å². The Kier molecular flexibility index (Phi) is 5.96. The van der Waals surface area contributed by atoms with Crippen LogP contribution in [-0.4, -0.2) is 0 Å². The van der Waals surface area contributed by atoms with E-state index in [9.17, 15) is 4.91 Å². The molecule has 0 amide bonds. The highest BCUT2D eigenvalue weighted by atomic mass is 16.3. The molecule has 0 aromatic heterocycles. The van der Waals surface area contributed by atoms with Crippen LogP contribution in [0.4, 0.5) is 0 Å². The van der Waals surface area contributed by atoms with Crippen molar-refractivity contribution in [2.45, 2.75) is 39.7 Å². The molecule has 132 valence electrons. The van der Waals surface area contributed by atoms with Gasteiger partial charge in [-0.2, -0.15) is 4.91 Å². The molecule has 26 heavy (non-hydrogen) atoms. The highest BCUT2D eigenvalue weighted by Gasteiger charge is 2.06. The van der Waals surface area contributed by atoms with Gasteiger partial charge in [0.1, 0.15) is 6.54 Å². The van der Waals surface area contributed by atoms with Gasteiger partial charge < -0.3 is 0 Å². The topological polar surface area (TPSA) is 29.4 Å². The SMILES string of the molecule is CCc1cccc(-c2ccc(CCc3cccc(C)c3CN=O)cc2)c1. The molecule has 3 aromatic rings. The maximum absolute atomic E-state index is 10.7. The molecule has 0 atom stereocenters. The third-order valence-electron chi connectivity index (χ3n) is 5.04. The van der Waals surface area contributed by atoms with Crippen LogP contribution in [0, 0.1) is 11.8 Å². The summed E-state index contributed by atoms with van der Waals surface area (Å²) in [5.74, 6) is 0. The third-order valence-corrected chi connectivity index (χ3v) is 5.04. The van der Waals surface area contributed by atoms with E-state index in [1.54, 1.807) is 0 Å². The summed E-state index contributed by atoms with van der Waals surface area (Å²) in [5, 5.41) is 3.09. The van der Waals surface area contributed by atoms with E-state index in [0.29, 0.717) is 0 Å². The van der Waals surface area contributed by atoms with E-state index >= 15 is 0 Å². The van der Waals surface area contributed by atoms with Crippen molar-refractivity contribution in [1.82, 2.24) is 0 Å². The minimum Gasteiger partial charge on any atom is -0.150 e. The van der Waals surface area contributed by atoms with Crippen LogP contribution in [0.5, 0.6) is 0 Å². The number of nitrogens with zero attached hydrogens (tertiary/aromatic N) is 1. The third kappa shape index (κ3) is 4.26. The summed E-state index contributed by atoms with van der Waals surface area (Å²) in [5.41, 5.74) is 8.65. The summed E-state index contributed by atoms with van der Waals surface area (Å²) in [6.07, 6.45) is 2.95. The van der Waals surface area contributed by atoms with Crippen molar-refractivity contribution in [3.8, 4) is 11.1 Å². The van der Waals surface area contributed by atoms with Crippen LogP contribution in [0.3, 0.4) is 0 Å². The van der Waals surface area contributed by atoms with E-state index in [1.165, 1.54) is 27.8 Å². The lowest BCUT2D eigenvalue weighted by Crippen LogP contribution is -1.99. The minimum atomic E-state index is 0.259. The molecule has 0 heterocycles. The van der Waals surface area contributed by atoms with Gasteiger partial charge in [-0.05, 0) is 65.1 Å². The van der Waals surface area contributed by atoms with Crippen molar-refractivity contribution in [1.29, 1.82) is 0 Å².